The number of alkyl halides is 2. The summed E-state index contributed by atoms with van der Waals surface area (Å²) in [6.45, 7) is 1.89. The molecule has 110 valence electrons. The summed E-state index contributed by atoms with van der Waals surface area (Å²) < 4.78 is 13.1. The van der Waals surface area contributed by atoms with Crippen molar-refractivity contribution in [1.82, 2.24) is 5.32 Å². The fourth-order valence-corrected chi connectivity index (χ4v) is 3.54. The molecule has 0 spiro atoms. The van der Waals surface area contributed by atoms with Gasteiger partial charge in [0.2, 0.25) is 0 Å². The first-order valence-electron chi connectivity index (χ1n) is 5.77. The summed E-state index contributed by atoms with van der Waals surface area (Å²) in [6, 6.07) is 2.88. The lowest BCUT2D eigenvalue weighted by atomic mass is 10.0. The Morgan fingerprint density at radius 1 is 1.45 bits per heavy atom. The van der Waals surface area contributed by atoms with Gasteiger partial charge in [-0.05, 0) is 18.6 Å². The van der Waals surface area contributed by atoms with Crippen molar-refractivity contribution in [2.45, 2.75) is 18.9 Å². The van der Waals surface area contributed by atoms with Crippen LogP contribution in [-0.2, 0) is 0 Å². The van der Waals surface area contributed by atoms with Crippen LogP contribution in [0.15, 0.2) is 18.2 Å². The molecular formula is C12H13Br2FN2O3. The van der Waals surface area contributed by atoms with Crippen molar-refractivity contribution in [2.75, 3.05) is 10.7 Å². The number of hydrogen-bond donors (Lipinski definition) is 1. The molecule has 0 aliphatic rings. The van der Waals surface area contributed by atoms with Gasteiger partial charge < -0.3 is 5.32 Å². The SMILES string of the molecule is CCC(CBr)(CBr)NC(=O)c1ccc(F)cc1[N+](=O)[O-]. The summed E-state index contributed by atoms with van der Waals surface area (Å²) in [6.07, 6.45) is 0.629. The number of nitrogens with zero attached hydrogens (tertiary/aromatic N) is 1. The number of hydrogen-bond acceptors (Lipinski definition) is 3. The number of carbonyl (C=O) groups is 1. The number of nitro benzene ring substituents is 1. The number of benzene rings is 1. The molecule has 1 aromatic rings. The monoisotopic (exact) mass is 410 g/mol. The van der Waals surface area contributed by atoms with Crippen LogP contribution in [-0.4, -0.2) is 27.0 Å². The third-order valence-corrected chi connectivity index (χ3v) is 5.11. The highest BCUT2D eigenvalue weighted by Gasteiger charge is 2.30. The smallest absolute Gasteiger partial charge is 0.285 e. The van der Waals surface area contributed by atoms with E-state index in [9.17, 15) is 19.3 Å². The zero-order valence-electron chi connectivity index (χ0n) is 10.7. The average molecular weight is 412 g/mol. The van der Waals surface area contributed by atoms with Crippen LogP contribution in [0.2, 0.25) is 0 Å². The summed E-state index contributed by atoms with van der Waals surface area (Å²) in [5.41, 5.74) is -1.26. The lowest BCUT2D eigenvalue weighted by molar-refractivity contribution is -0.385. The highest BCUT2D eigenvalue weighted by molar-refractivity contribution is 9.09. The van der Waals surface area contributed by atoms with Crippen molar-refractivity contribution >= 4 is 43.5 Å². The molecular weight excluding hydrogens is 399 g/mol. The van der Waals surface area contributed by atoms with E-state index in [2.05, 4.69) is 37.2 Å². The standard InChI is InChI=1S/C12H13Br2FN2O3/c1-2-12(6-13,7-14)16-11(18)9-4-3-8(15)5-10(9)17(19)20/h3-5H,2,6-7H2,1H3,(H,16,18). The highest BCUT2D eigenvalue weighted by atomic mass is 79.9. The van der Waals surface area contributed by atoms with E-state index in [1.165, 1.54) is 0 Å². The molecule has 0 unspecified atom stereocenters. The lowest BCUT2D eigenvalue weighted by Gasteiger charge is -2.29. The Kier molecular flexibility index (Phi) is 6.07. The van der Waals surface area contributed by atoms with Crippen LogP contribution in [0.4, 0.5) is 10.1 Å². The molecule has 1 N–H and O–H groups in total. The minimum atomic E-state index is -0.770. The Morgan fingerprint density at radius 2 is 2.05 bits per heavy atom. The van der Waals surface area contributed by atoms with Gasteiger partial charge in [-0.15, -0.1) is 0 Å². The number of carbonyl (C=O) groups excluding carboxylic acids is 1. The molecule has 0 saturated carbocycles. The van der Waals surface area contributed by atoms with Crippen LogP contribution in [0, 0.1) is 15.9 Å². The Hall–Kier alpha value is -1.02. The number of nitrogens with one attached hydrogen (secondary N) is 1. The third kappa shape index (κ3) is 3.76. The fraction of sp³-hybridized carbons (Fsp3) is 0.417. The third-order valence-electron chi connectivity index (χ3n) is 2.97. The first kappa shape index (κ1) is 17.0. The second kappa shape index (κ2) is 7.12. The van der Waals surface area contributed by atoms with Crippen molar-refractivity contribution in [3.63, 3.8) is 0 Å². The second-order valence-electron chi connectivity index (χ2n) is 4.27. The van der Waals surface area contributed by atoms with E-state index in [0.29, 0.717) is 17.1 Å². The van der Waals surface area contributed by atoms with Crippen LogP contribution in [0.5, 0.6) is 0 Å². The van der Waals surface area contributed by atoms with E-state index in [-0.39, 0.29) is 5.56 Å². The average Bonchev–Trinajstić information content (AvgIpc) is 2.44. The summed E-state index contributed by atoms with van der Waals surface area (Å²) >= 11 is 6.63. The second-order valence-corrected chi connectivity index (χ2v) is 5.40. The zero-order chi connectivity index (χ0) is 15.3. The van der Waals surface area contributed by atoms with Gasteiger partial charge >= 0.3 is 0 Å². The van der Waals surface area contributed by atoms with Crippen LogP contribution >= 0.6 is 31.9 Å². The molecule has 0 aliphatic carbocycles. The summed E-state index contributed by atoms with van der Waals surface area (Å²) in [7, 11) is 0. The van der Waals surface area contributed by atoms with Gasteiger partial charge in [-0.2, -0.15) is 0 Å². The van der Waals surface area contributed by atoms with Crippen molar-refractivity contribution in [3.05, 3.63) is 39.7 Å². The molecule has 1 rings (SSSR count). The molecule has 0 saturated heterocycles. The van der Waals surface area contributed by atoms with Gasteiger partial charge in [0.25, 0.3) is 11.6 Å². The Bertz CT molecular complexity index is 513. The van der Waals surface area contributed by atoms with Crippen LogP contribution in [0.1, 0.15) is 23.7 Å². The molecule has 0 heterocycles. The predicted octanol–water partition coefficient (Wildman–Crippen LogP) is 3.40. The maximum absolute atomic E-state index is 13.1. The van der Waals surface area contributed by atoms with E-state index >= 15 is 0 Å². The molecule has 0 fully saturated rings. The molecule has 0 bridgehead atoms. The quantitative estimate of drug-likeness (QED) is 0.443. The van der Waals surface area contributed by atoms with E-state index in [1.807, 2.05) is 6.92 Å². The maximum Gasteiger partial charge on any atom is 0.285 e. The molecule has 20 heavy (non-hydrogen) atoms. The van der Waals surface area contributed by atoms with Gasteiger partial charge in [0.1, 0.15) is 11.4 Å². The summed E-state index contributed by atoms with van der Waals surface area (Å²) in [5.74, 6) is -1.35. The Labute approximate surface area is 132 Å². The Morgan fingerprint density at radius 3 is 2.50 bits per heavy atom. The summed E-state index contributed by atoms with van der Waals surface area (Å²) in [5, 5.41) is 14.6. The van der Waals surface area contributed by atoms with Crippen molar-refractivity contribution in [1.29, 1.82) is 0 Å². The van der Waals surface area contributed by atoms with Gasteiger partial charge in [0, 0.05) is 10.7 Å². The van der Waals surface area contributed by atoms with Gasteiger partial charge in [-0.3, -0.25) is 14.9 Å². The molecule has 1 aromatic carbocycles. The van der Waals surface area contributed by atoms with Crippen molar-refractivity contribution in [3.8, 4) is 0 Å². The first-order valence-corrected chi connectivity index (χ1v) is 8.02. The van der Waals surface area contributed by atoms with Crippen molar-refractivity contribution < 1.29 is 14.1 Å². The molecule has 0 aliphatic heterocycles. The van der Waals surface area contributed by atoms with Crippen LogP contribution in [0.25, 0.3) is 0 Å². The highest BCUT2D eigenvalue weighted by Crippen LogP contribution is 2.22. The minimum absolute atomic E-state index is 0.156. The molecule has 5 nitrogen and oxygen atoms in total. The van der Waals surface area contributed by atoms with Gasteiger partial charge in [0.05, 0.1) is 16.5 Å². The van der Waals surface area contributed by atoms with Gasteiger partial charge in [-0.25, -0.2) is 4.39 Å². The van der Waals surface area contributed by atoms with E-state index in [4.69, 9.17) is 0 Å². The topological polar surface area (TPSA) is 72.2 Å². The lowest BCUT2D eigenvalue weighted by Crippen LogP contribution is -2.51. The van der Waals surface area contributed by atoms with Crippen molar-refractivity contribution in [2.24, 2.45) is 0 Å². The molecule has 1 amide bonds. The number of halogens is 3. The zero-order valence-corrected chi connectivity index (χ0v) is 13.8. The van der Waals surface area contributed by atoms with Crippen LogP contribution in [0.3, 0.4) is 0 Å². The summed E-state index contributed by atoms with van der Waals surface area (Å²) in [4.78, 5) is 22.3. The largest absolute Gasteiger partial charge is 0.345 e. The van der Waals surface area contributed by atoms with Gasteiger partial charge in [-0.1, -0.05) is 38.8 Å². The predicted molar refractivity (Wildman–Crippen MR) is 81.1 cm³/mol. The van der Waals surface area contributed by atoms with Gasteiger partial charge in [0.15, 0.2) is 0 Å². The number of rotatable bonds is 6. The Balaban J connectivity index is 3.12. The van der Waals surface area contributed by atoms with E-state index < -0.39 is 27.9 Å². The fourth-order valence-electron chi connectivity index (χ4n) is 1.54. The molecule has 0 radical (unpaired) electrons. The number of amides is 1. The first-order chi connectivity index (χ1) is 9.39. The molecule has 8 heteroatoms. The van der Waals surface area contributed by atoms with E-state index in [1.54, 1.807) is 0 Å². The van der Waals surface area contributed by atoms with Crippen LogP contribution < -0.4 is 5.32 Å². The maximum atomic E-state index is 13.1. The minimum Gasteiger partial charge on any atom is -0.345 e. The molecule has 0 atom stereocenters. The molecule has 0 aromatic heterocycles. The van der Waals surface area contributed by atoms with E-state index in [0.717, 1.165) is 18.2 Å². The number of nitro groups is 1. The normalized spacial score (nSPS) is 11.2.